The van der Waals surface area contributed by atoms with Gasteiger partial charge in [-0.2, -0.15) is 0 Å². The van der Waals surface area contributed by atoms with E-state index in [1.165, 1.54) is 36.4 Å². The molecule has 0 unspecified atom stereocenters. The van der Waals surface area contributed by atoms with Gasteiger partial charge in [-0.1, -0.05) is 29.3 Å². The number of anilines is 2. The monoisotopic (exact) mass is 532 g/mol. The molecule has 2 aromatic carbocycles. The van der Waals surface area contributed by atoms with E-state index in [4.69, 9.17) is 27.9 Å². The van der Waals surface area contributed by atoms with Crippen LogP contribution in [-0.4, -0.2) is 22.8 Å². The highest BCUT2D eigenvalue weighted by atomic mass is 35.5. The van der Waals surface area contributed by atoms with Gasteiger partial charge in [0.1, 0.15) is 9.96 Å². The molecule has 32 heavy (non-hydrogen) atoms. The van der Waals surface area contributed by atoms with E-state index in [0.717, 1.165) is 11.3 Å². The van der Waals surface area contributed by atoms with E-state index in [2.05, 4.69) is 9.44 Å². The van der Waals surface area contributed by atoms with Crippen molar-refractivity contribution in [1.29, 1.82) is 0 Å². The lowest BCUT2D eigenvalue weighted by Crippen LogP contribution is -2.19. The minimum Gasteiger partial charge on any atom is -0.426 e. The Morgan fingerprint density at radius 2 is 1.53 bits per heavy atom. The number of halogens is 2. The number of fused-ring (bicyclic) bond motifs is 1. The Balaban J connectivity index is 1.69. The van der Waals surface area contributed by atoms with Crippen LogP contribution >= 0.6 is 34.5 Å². The lowest BCUT2D eigenvalue weighted by atomic mass is 10.1. The maximum absolute atomic E-state index is 13.0. The van der Waals surface area contributed by atoms with Crippen molar-refractivity contribution in [1.82, 2.24) is 0 Å². The van der Waals surface area contributed by atoms with Gasteiger partial charge in [-0.15, -0.1) is 11.3 Å². The average Bonchev–Trinajstić information content (AvgIpc) is 3.27. The van der Waals surface area contributed by atoms with Crippen molar-refractivity contribution < 1.29 is 26.4 Å². The number of rotatable bonds is 6. The molecule has 13 heteroatoms. The number of ether oxygens (including phenoxy) is 1. The minimum absolute atomic E-state index is 0.0285. The molecule has 0 fully saturated rings. The van der Waals surface area contributed by atoms with Gasteiger partial charge in [0.05, 0.1) is 32.7 Å². The first-order valence-electron chi connectivity index (χ1n) is 8.97. The Morgan fingerprint density at radius 3 is 2.16 bits per heavy atom. The first kappa shape index (κ1) is 22.9. The molecule has 1 aliphatic heterocycles. The number of benzene rings is 2. The zero-order chi connectivity index (χ0) is 23.1. The largest absolute Gasteiger partial charge is 0.426 e. The van der Waals surface area contributed by atoms with Crippen LogP contribution in [0.15, 0.2) is 56.9 Å². The van der Waals surface area contributed by atoms with Gasteiger partial charge in [0.2, 0.25) is 0 Å². The summed E-state index contributed by atoms with van der Waals surface area (Å²) in [7, 11) is -8.12. The van der Waals surface area contributed by atoms with E-state index >= 15 is 0 Å². The molecular weight excluding hydrogens is 519 g/mol. The van der Waals surface area contributed by atoms with Crippen molar-refractivity contribution in [2.24, 2.45) is 0 Å². The predicted octanol–water partition coefficient (Wildman–Crippen LogP) is 4.51. The Kier molecular flexibility index (Phi) is 6.12. The number of hydrogen-bond acceptors (Lipinski definition) is 7. The molecule has 0 atom stereocenters. The summed E-state index contributed by atoms with van der Waals surface area (Å²) in [5.74, 6) is -0.0798. The Bertz CT molecular complexity index is 1420. The van der Waals surface area contributed by atoms with Crippen LogP contribution in [-0.2, 0) is 31.3 Å². The summed E-state index contributed by atoms with van der Waals surface area (Å²) >= 11 is 13.1. The first-order chi connectivity index (χ1) is 15.0. The summed E-state index contributed by atoms with van der Waals surface area (Å²) < 4.78 is 61.2. The molecule has 0 saturated carbocycles. The highest BCUT2D eigenvalue weighted by Crippen LogP contribution is 2.36. The fraction of sp³-hybridized carbons (Fsp3) is 0.105. The van der Waals surface area contributed by atoms with E-state index in [-0.39, 0.29) is 42.9 Å². The van der Waals surface area contributed by atoms with Gasteiger partial charge >= 0.3 is 5.97 Å². The SMILES string of the molecule is O=C1CCc2cc(S(=O)(=O)Nc3cc(Cl)c(Cl)cc3NS(=O)(=O)c3cccs3)ccc2O1. The minimum atomic E-state index is -4.15. The molecule has 4 rings (SSSR count). The zero-order valence-electron chi connectivity index (χ0n) is 16.0. The summed E-state index contributed by atoms with van der Waals surface area (Å²) in [6, 6.07) is 9.51. The Hall–Kier alpha value is -2.31. The lowest BCUT2D eigenvalue weighted by molar-refractivity contribution is -0.135. The van der Waals surface area contributed by atoms with Gasteiger partial charge < -0.3 is 4.74 Å². The van der Waals surface area contributed by atoms with E-state index in [1.54, 1.807) is 11.4 Å². The van der Waals surface area contributed by atoms with Crippen molar-refractivity contribution in [3.63, 3.8) is 0 Å². The molecule has 1 aliphatic rings. The van der Waals surface area contributed by atoms with Crippen molar-refractivity contribution in [3.8, 4) is 5.75 Å². The van der Waals surface area contributed by atoms with Gasteiger partial charge in [0.25, 0.3) is 20.0 Å². The van der Waals surface area contributed by atoms with Gasteiger partial charge in [0, 0.05) is 0 Å². The number of sulfonamides is 2. The van der Waals surface area contributed by atoms with Crippen LogP contribution in [0.1, 0.15) is 12.0 Å². The number of carbonyl (C=O) groups excluding carboxylic acids is 1. The van der Waals surface area contributed by atoms with Gasteiger partial charge in [0.15, 0.2) is 0 Å². The Labute approximate surface area is 198 Å². The highest BCUT2D eigenvalue weighted by molar-refractivity contribution is 7.94. The summed E-state index contributed by atoms with van der Waals surface area (Å²) in [6.45, 7) is 0. The average molecular weight is 533 g/mol. The summed E-state index contributed by atoms with van der Waals surface area (Å²) in [5, 5.41) is 1.66. The second kappa shape index (κ2) is 8.56. The van der Waals surface area contributed by atoms with Crippen molar-refractivity contribution >= 4 is 71.9 Å². The van der Waals surface area contributed by atoms with Crippen molar-refractivity contribution in [2.75, 3.05) is 9.44 Å². The van der Waals surface area contributed by atoms with Crippen molar-refractivity contribution in [3.05, 3.63) is 63.5 Å². The number of esters is 1. The normalized spacial score (nSPS) is 13.9. The lowest BCUT2D eigenvalue weighted by Gasteiger charge is -2.18. The molecular formula is C19H14Cl2N2O6S3. The summed E-state index contributed by atoms with van der Waals surface area (Å²) in [4.78, 5) is 11.3. The van der Waals surface area contributed by atoms with Crippen LogP contribution < -0.4 is 14.2 Å². The zero-order valence-corrected chi connectivity index (χ0v) is 19.9. The van der Waals surface area contributed by atoms with Crippen molar-refractivity contribution in [2.45, 2.75) is 21.9 Å². The molecule has 0 radical (unpaired) electrons. The molecule has 1 aromatic heterocycles. The Morgan fingerprint density at radius 1 is 0.875 bits per heavy atom. The van der Waals surface area contributed by atoms with Crippen LogP contribution in [0.3, 0.4) is 0 Å². The molecule has 168 valence electrons. The fourth-order valence-electron chi connectivity index (χ4n) is 2.96. The van der Waals surface area contributed by atoms with Gasteiger partial charge in [-0.25, -0.2) is 16.8 Å². The van der Waals surface area contributed by atoms with Crippen LogP contribution in [0.2, 0.25) is 10.0 Å². The van der Waals surface area contributed by atoms with Crippen LogP contribution in [0.5, 0.6) is 5.75 Å². The highest BCUT2D eigenvalue weighted by Gasteiger charge is 2.24. The molecule has 2 N–H and O–H groups in total. The maximum atomic E-state index is 13.0. The van der Waals surface area contributed by atoms with E-state index in [1.807, 2.05) is 0 Å². The number of hydrogen-bond donors (Lipinski definition) is 2. The molecule has 0 aliphatic carbocycles. The van der Waals surface area contributed by atoms with Gasteiger partial charge in [-0.05, 0) is 53.8 Å². The second-order valence-electron chi connectivity index (χ2n) is 6.70. The molecule has 0 spiro atoms. The van der Waals surface area contributed by atoms with Gasteiger partial charge in [-0.3, -0.25) is 14.2 Å². The predicted molar refractivity (Wildman–Crippen MR) is 123 cm³/mol. The first-order valence-corrected chi connectivity index (χ1v) is 13.6. The maximum Gasteiger partial charge on any atom is 0.311 e. The number of aryl methyl sites for hydroxylation is 1. The molecule has 0 bridgehead atoms. The van der Waals surface area contributed by atoms with E-state index < -0.39 is 20.0 Å². The van der Waals surface area contributed by atoms with Crippen LogP contribution in [0.25, 0.3) is 0 Å². The third kappa shape index (κ3) is 4.71. The van der Waals surface area contributed by atoms with Crippen LogP contribution in [0.4, 0.5) is 11.4 Å². The molecule has 0 amide bonds. The standard InChI is InChI=1S/C19H14Cl2N2O6S3/c20-13-9-15(16(10-14(13)21)23-32(27,28)19-2-1-7-30-19)22-31(25,26)12-4-5-17-11(8-12)3-6-18(24)29-17/h1-2,4-5,7-10,22-23H,3,6H2. The van der Waals surface area contributed by atoms with Crippen LogP contribution in [0, 0.1) is 0 Å². The third-order valence-corrected chi connectivity index (χ3v) is 9.32. The third-order valence-electron chi connectivity index (χ3n) is 4.47. The quantitative estimate of drug-likeness (QED) is 0.356. The van der Waals surface area contributed by atoms with E-state index in [0.29, 0.717) is 17.7 Å². The molecule has 3 aromatic rings. The molecule has 0 saturated heterocycles. The number of carbonyl (C=O) groups is 1. The summed E-state index contributed by atoms with van der Waals surface area (Å²) in [6.07, 6.45) is 0.488. The summed E-state index contributed by atoms with van der Waals surface area (Å²) in [5.41, 5.74) is 0.368. The van der Waals surface area contributed by atoms with E-state index in [9.17, 15) is 21.6 Å². The topological polar surface area (TPSA) is 119 Å². The fourth-order valence-corrected chi connectivity index (χ4v) is 6.47. The number of nitrogens with one attached hydrogen (secondary N) is 2. The smallest absolute Gasteiger partial charge is 0.311 e. The number of thiophene rings is 1. The second-order valence-corrected chi connectivity index (χ2v) is 12.1. The molecule has 2 heterocycles. The molecule has 8 nitrogen and oxygen atoms in total.